The molecule has 0 bridgehead atoms. The lowest BCUT2D eigenvalue weighted by Gasteiger charge is -2.35. The Morgan fingerprint density at radius 1 is 1.27 bits per heavy atom. The van der Waals surface area contributed by atoms with Crippen LogP contribution in [0.15, 0.2) is 63.4 Å². The van der Waals surface area contributed by atoms with E-state index in [-0.39, 0.29) is 30.8 Å². The maximum absolute atomic E-state index is 13.3. The Balaban J connectivity index is 1.47. The summed E-state index contributed by atoms with van der Waals surface area (Å²) >= 11 is 4.96. The molecule has 4 rings (SSSR count). The normalized spacial score (nSPS) is 15.9. The minimum atomic E-state index is -0.291. The van der Waals surface area contributed by atoms with Gasteiger partial charge in [-0.25, -0.2) is 0 Å². The van der Waals surface area contributed by atoms with Gasteiger partial charge in [0.1, 0.15) is 12.6 Å². The molecule has 3 heterocycles. The molecule has 1 aliphatic heterocycles. The van der Waals surface area contributed by atoms with Crippen molar-refractivity contribution < 1.29 is 14.1 Å². The van der Waals surface area contributed by atoms with E-state index in [2.05, 4.69) is 32.6 Å². The summed E-state index contributed by atoms with van der Waals surface area (Å²) in [5.41, 5.74) is 0.846. The lowest BCUT2D eigenvalue weighted by Crippen LogP contribution is -2.46. The van der Waals surface area contributed by atoms with Gasteiger partial charge in [0.25, 0.3) is 0 Å². The zero-order chi connectivity index (χ0) is 23.2. The van der Waals surface area contributed by atoms with E-state index >= 15 is 0 Å². The molecule has 1 fully saturated rings. The molecule has 2 aromatic heterocycles. The van der Waals surface area contributed by atoms with Crippen LogP contribution in [0, 0.1) is 0 Å². The fourth-order valence-corrected chi connectivity index (χ4v) is 4.87. The van der Waals surface area contributed by atoms with Crippen LogP contribution < -0.4 is 0 Å². The second-order valence-corrected chi connectivity index (χ2v) is 9.83. The highest BCUT2D eigenvalue weighted by atomic mass is 79.9. The Morgan fingerprint density at radius 3 is 2.82 bits per heavy atom. The van der Waals surface area contributed by atoms with Crippen molar-refractivity contribution in [1.29, 1.82) is 0 Å². The van der Waals surface area contributed by atoms with Crippen LogP contribution in [-0.4, -0.2) is 51.4 Å². The van der Waals surface area contributed by atoms with Crippen molar-refractivity contribution in [3.8, 4) is 11.4 Å². The number of thiophene rings is 1. The summed E-state index contributed by atoms with van der Waals surface area (Å²) in [4.78, 5) is 35.0. The molecular weight excluding hydrogens is 504 g/mol. The average molecular weight is 529 g/mol. The summed E-state index contributed by atoms with van der Waals surface area (Å²) in [5, 5.41) is 6.07. The zero-order valence-electron chi connectivity index (χ0n) is 18.2. The third-order valence-corrected chi connectivity index (χ3v) is 6.99. The molecule has 33 heavy (non-hydrogen) atoms. The molecular formula is C24H25BrN4O3S. The molecule has 9 heteroatoms. The first kappa shape index (κ1) is 23.4. The van der Waals surface area contributed by atoms with E-state index in [4.69, 9.17) is 4.52 Å². The summed E-state index contributed by atoms with van der Waals surface area (Å²) < 4.78 is 6.55. The second-order valence-electron chi connectivity index (χ2n) is 7.88. The SMILES string of the molecule is C=CCN(CC(=O)N1CCCCC1c1nc(-c2ccc(Br)cc2)no1)C(=O)Cc1cccs1. The maximum atomic E-state index is 13.3. The van der Waals surface area contributed by atoms with Crippen LogP contribution in [-0.2, 0) is 16.0 Å². The molecule has 3 aromatic rings. The van der Waals surface area contributed by atoms with Crippen LogP contribution in [0.3, 0.4) is 0 Å². The summed E-state index contributed by atoms with van der Waals surface area (Å²) in [6.45, 7) is 4.67. The highest BCUT2D eigenvalue weighted by molar-refractivity contribution is 9.10. The first-order valence-electron chi connectivity index (χ1n) is 10.8. The van der Waals surface area contributed by atoms with Gasteiger partial charge in [-0.3, -0.25) is 9.59 Å². The molecule has 0 saturated carbocycles. The molecule has 1 unspecified atom stereocenters. The Morgan fingerprint density at radius 2 is 2.09 bits per heavy atom. The molecule has 2 amide bonds. The van der Waals surface area contributed by atoms with Gasteiger partial charge in [0, 0.05) is 28.0 Å². The third-order valence-electron chi connectivity index (χ3n) is 5.59. The number of likely N-dealkylation sites (tertiary alicyclic amines) is 1. The molecule has 172 valence electrons. The van der Waals surface area contributed by atoms with Gasteiger partial charge >= 0.3 is 0 Å². The summed E-state index contributed by atoms with van der Waals surface area (Å²) in [5.74, 6) is 0.718. The lowest BCUT2D eigenvalue weighted by molar-refractivity contribution is -0.142. The molecule has 1 atom stereocenters. The summed E-state index contributed by atoms with van der Waals surface area (Å²) in [7, 11) is 0. The highest BCUT2D eigenvalue weighted by Gasteiger charge is 2.33. The number of piperidine rings is 1. The van der Waals surface area contributed by atoms with E-state index in [1.807, 2.05) is 41.8 Å². The number of rotatable bonds is 8. The van der Waals surface area contributed by atoms with Gasteiger partial charge < -0.3 is 14.3 Å². The van der Waals surface area contributed by atoms with Crippen LogP contribution >= 0.6 is 27.3 Å². The van der Waals surface area contributed by atoms with E-state index in [9.17, 15) is 9.59 Å². The number of hydrogen-bond acceptors (Lipinski definition) is 6. The standard InChI is InChI=1S/C24H25BrN4O3S/c1-2-12-28(21(30)15-19-6-5-14-33-19)16-22(31)29-13-4-3-7-20(29)24-26-23(27-32-24)17-8-10-18(25)11-9-17/h2,5-6,8-11,14,20H,1,3-4,7,12-13,15-16H2. The van der Waals surface area contributed by atoms with E-state index in [0.717, 1.165) is 34.2 Å². The van der Waals surface area contributed by atoms with E-state index < -0.39 is 0 Å². The van der Waals surface area contributed by atoms with Gasteiger partial charge in [0.2, 0.25) is 23.5 Å². The van der Waals surface area contributed by atoms with Gasteiger partial charge in [-0.1, -0.05) is 33.2 Å². The lowest BCUT2D eigenvalue weighted by atomic mass is 10.0. The molecule has 0 N–H and O–H groups in total. The van der Waals surface area contributed by atoms with E-state index in [0.29, 0.717) is 24.8 Å². The zero-order valence-corrected chi connectivity index (χ0v) is 20.6. The molecule has 0 aliphatic carbocycles. The number of aromatic nitrogens is 2. The molecule has 1 aromatic carbocycles. The van der Waals surface area contributed by atoms with Crippen LogP contribution in [0.1, 0.15) is 36.1 Å². The average Bonchev–Trinajstić information content (AvgIpc) is 3.52. The number of benzene rings is 1. The molecule has 1 saturated heterocycles. The molecule has 7 nitrogen and oxygen atoms in total. The first-order chi connectivity index (χ1) is 16.0. The Kier molecular flexibility index (Phi) is 7.72. The fourth-order valence-electron chi connectivity index (χ4n) is 3.91. The van der Waals surface area contributed by atoms with Crippen molar-refractivity contribution in [2.75, 3.05) is 19.6 Å². The van der Waals surface area contributed by atoms with E-state index in [1.54, 1.807) is 15.9 Å². The van der Waals surface area contributed by atoms with Gasteiger partial charge in [-0.2, -0.15) is 4.98 Å². The largest absolute Gasteiger partial charge is 0.337 e. The predicted octanol–water partition coefficient (Wildman–Crippen LogP) is 4.87. The predicted molar refractivity (Wildman–Crippen MR) is 131 cm³/mol. The van der Waals surface area contributed by atoms with Crippen molar-refractivity contribution in [2.24, 2.45) is 0 Å². The summed E-state index contributed by atoms with van der Waals surface area (Å²) in [6.07, 6.45) is 4.55. The van der Waals surface area contributed by atoms with Gasteiger partial charge in [0.15, 0.2) is 0 Å². The maximum Gasteiger partial charge on any atom is 0.249 e. The smallest absolute Gasteiger partial charge is 0.249 e. The Bertz CT molecular complexity index is 1100. The minimum absolute atomic E-state index is 0.000432. The van der Waals surface area contributed by atoms with Crippen molar-refractivity contribution in [1.82, 2.24) is 19.9 Å². The van der Waals surface area contributed by atoms with Crippen LogP contribution in [0.5, 0.6) is 0 Å². The van der Waals surface area contributed by atoms with Gasteiger partial charge in [-0.15, -0.1) is 17.9 Å². The molecule has 1 aliphatic rings. The topological polar surface area (TPSA) is 79.5 Å². The van der Waals surface area contributed by atoms with E-state index in [1.165, 1.54) is 11.3 Å². The number of carbonyl (C=O) groups is 2. The summed E-state index contributed by atoms with van der Waals surface area (Å²) in [6, 6.07) is 11.2. The van der Waals surface area contributed by atoms with Gasteiger partial charge in [-0.05, 0) is 55.0 Å². The second kappa shape index (κ2) is 10.9. The minimum Gasteiger partial charge on any atom is -0.337 e. The molecule has 0 spiro atoms. The highest BCUT2D eigenvalue weighted by Crippen LogP contribution is 2.31. The number of hydrogen-bond donors (Lipinski definition) is 0. The Labute approximate surface area is 205 Å². The number of amides is 2. The fraction of sp³-hybridized carbons (Fsp3) is 0.333. The molecule has 0 radical (unpaired) electrons. The van der Waals surface area contributed by atoms with Crippen molar-refractivity contribution in [3.63, 3.8) is 0 Å². The van der Waals surface area contributed by atoms with Crippen LogP contribution in [0.4, 0.5) is 0 Å². The Hall–Kier alpha value is -2.78. The van der Waals surface area contributed by atoms with Crippen molar-refractivity contribution in [3.05, 3.63) is 69.7 Å². The van der Waals surface area contributed by atoms with Crippen LogP contribution in [0.2, 0.25) is 0 Å². The third kappa shape index (κ3) is 5.78. The number of halogens is 1. The van der Waals surface area contributed by atoms with Crippen molar-refractivity contribution in [2.45, 2.75) is 31.7 Å². The quantitative estimate of drug-likeness (QED) is 0.389. The monoisotopic (exact) mass is 528 g/mol. The van der Waals surface area contributed by atoms with Gasteiger partial charge in [0.05, 0.1) is 6.42 Å². The number of nitrogens with zero attached hydrogens (tertiary/aromatic N) is 4. The first-order valence-corrected chi connectivity index (χ1v) is 12.5. The van der Waals surface area contributed by atoms with Crippen molar-refractivity contribution >= 4 is 39.1 Å². The van der Waals surface area contributed by atoms with Crippen LogP contribution in [0.25, 0.3) is 11.4 Å². The number of carbonyl (C=O) groups excluding carboxylic acids is 2.